The lowest BCUT2D eigenvalue weighted by atomic mass is 10.1. The van der Waals surface area contributed by atoms with E-state index in [1.165, 1.54) is 6.07 Å². The largest absolute Gasteiger partial charge is 0.356 e. The lowest BCUT2D eigenvalue weighted by Crippen LogP contribution is -2.38. The number of nitrogens with one attached hydrogen (secondary N) is 2. The minimum absolute atomic E-state index is 0. The van der Waals surface area contributed by atoms with Crippen LogP contribution in [-0.2, 0) is 13.0 Å². The van der Waals surface area contributed by atoms with E-state index in [1.54, 1.807) is 20.0 Å². The van der Waals surface area contributed by atoms with Gasteiger partial charge in [-0.05, 0) is 36.6 Å². The lowest BCUT2D eigenvalue weighted by molar-refractivity contribution is 0.387. The molecule has 6 nitrogen and oxygen atoms in total. The summed E-state index contributed by atoms with van der Waals surface area (Å²) in [5.41, 5.74) is 2.06. The summed E-state index contributed by atoms with van der Waals surface area (Å²) in [6, 6.07) is 4.83. The zero-order chi connectivity index (χ0) is 15.9. The smallest absolute Gasteiger partial charge is 0.223 e. The molecule has 0 unspecified atom stereocenters. The normalized spacial score (nSPS) is 11.0. The Kier molecular flexibility index (Phi) is 7.93. The Morgan fingerprint density at radius 3 is 2.70 bits per heavy atom. The summed E-state index contributed by atoms with van der Waals surface area (Å²) < 4.78 is 18.0. The van der Waals surface area contributed by atoms with E-state index in [-0.39, 0.29) is 29.8 Å². The maximum absolute atomic E-state index is 13.1. The lowest BCUT2D eigenvalue weighted by Gasteiger charge is -2.11. The molecule has 1 aromatic carbocycles. The maximum Gasteiger partial charge on any atom is 0.223 e. The number of aliphatic imine (C=N–C) groups is 1. The van der Waals surface area contributed by atoms with Gasteiger partial charge >= 0.3 is 0 Å². The number of halogens is 2. The Bertz CT molecular complexity index is 659. The van der Waals surface area contributed by atoms with Gasteiger partial charge in [-0.25, -0.2) is 4.39 Å². The van der Waals surface area contributed by atoms with Crippen LogP contribution in [0.4, 0.5) is 4.39 Å². The molecule has 126 valence electrons. The molecule has 23 heavy (non-hydrogen) atoms. The van der Waals surface area contributed by atoms with E-state index in [0.717, 1.165) is 17.5 Å². The minimum Gasteiger partial charge on any atom is -0.356 e. The van der Waals surface area contributed by atoms with Gasteiger partial charge in [0.05, 0.1) is 6.54 Å². The number of benzene rings is 1. The van der Waals surface area contributed by atoms with Crippen molar-refractivity contribution in [2.45, 2.75) is 26.8 Å². The van der Waals surface area contributed by atoms with Gasteiger partial charge in [-0.2, -0.15) is 4.98 Å². The van der Waals surface area contributed by atoms with Crippen LogP contribution in [0, 0.1) is 19.7 Å². The second-order valence-electron chi connectivity index (χ2n) is 4.90. The molecule has 8 heteroatoms. The molecule has 2 aromatic rings. The molecule has 0 saturated heterocycles. The highest BCUT2D eigenvalue weighted by Crippen LogP contribution is 2.10. The molecule has 1 heterocycles. The number of hydrogen-bond donors (Lipinski definition) is 2. The third-order valence-electron chi connectivity index (χ3n) is 3.20. The standard InChI is InChI=1S/C15H20FN5O.HI/c1-10-8-13(16)5-4-12(10)6-7-18-15(17-3)19-9-14-20-11(2)22-21-14;/h4-5,8H,6-7,9H2,1-3H3,(H2,17,18,19);1H. The van der Waals surface area contributed by atoms with Gasteiger partial charge in [0.15, 0.2) is 11.8 Å². The van der Waals surface area contributed by atoms with Crippen LogP contribution < -0.4 is 10.6 Å². The SMILES string of the molecule is CN=C(NCCc1ccc(F)cc1C)NCc1noc(C)n1.I. The summed E-state index contributed by atoms with van der Waals surface area (Å²) in [5, 5.41) is 10.1. The molecule has 0 atom stereocenters. The Morgan fingerprint density at radius 1 is 1.30 bits per heavy atom. The van der Waals surface area contributed by atoms with E-state index in [4.69, 9.17) is 4.52 Å². The fourth-order valence-electron chi connectivity index (χ4n) is 2.05. The molecule has 2 rings (SSSR count). The van der Waals surface area contributed by atoms with E-state index in [2.05, 4.69) is 25.8 Å². The first-order valence-corrected chi connectivity index (χ1v) is 7.07. The summed E-state index contributed by atoms with van der Waals surface area (Å²) in [6.07, 6.45) is 0.786. The molecule has 0 bridgehead atoms. The molecule has 0 radical (unpaired) electrons. The molecule has 0 amide bonds. The first-order chi connectivity index (χ1) is 10.6. The molecule has 0 saturated carbocycles. The van der Waals surface area contributed by atoms with Crippen LogP contribution in [0.2, 0.25) is 0 Å². The second-order valence-corrected chi connectivity index (χ2v) is 4.90. The average Bonchev–Trinajstić information content (AvgIpc) is 2.90. The molecule has 0 spiro atoms. The molecule has 0 aliphatic rings. The third kappa shape index (κ3) is 6.12. The third-order valence-corrected chi connectivity index (χ3v) is 3.20. The number of rotatable bonds is 5. The Morgan fingerprint density at radius 2 is 2.09 bits per heavy atom. The molecule has 0 aliphatic heterocycles. The van der Waals surface area contributed by atoms with Gasteiger partial charge < -0.3 is 15.2 Å². The van der Waals surface area contributed by atoms with Crippen molar-refractivity contribution in [1.29, 1.82) is 0 Å². The van der Waals surface area contributed by atoms with Crippen molar-refractivity contribution in [3.63, 3.8) is 0 Å². The molecule has 0 fully saturated rings. The molecule has 0 aliphatic carbocycles. The predicted molar refractivity (Wildman–Crippen MR) is 97.5 cm³/mol. The van der Waals surface area contributed by atoms with Crippen molar-refractivity contribution in [3.8, 4) is 0 Å². The van der Waals surface area contributed by atoms with Crippen LogP contribution in [0.1, 0.15) is 22.8 Å². The highest BCUT2D eigenvalue weighted by atomic mass is 127. The zero-order valence-electron chi connectivity index (χ0n) is 13.4. The average molecular weight is 433 g/mol. The summed E-state index contributed by atoms with van der Waals surface area (Å²) >= 11 is 0. The summed E-state index contributed by atoms with van der Waals surface area (Å²) in [7, 11) is 1.69. The Balaban J connectivity index is 0.00000264. The topological polar surface area (TPSA) is 75.3 Å². The minimum atomic E-state index is -0.206. The second kappa shape index (κ2) is 9.43. The van der Waals surface area contributed by atoms with Gasteiger partial charge in [0.1, 0.15) is 5.82 Å². The van der Waals surface area contributed by atoms with Gasteiger partial charge in [-0.3, -0.25) is 4.99 Å². The Labute approximate surface area is 152 Å². The first kappa shape index (κ1) is 19.3. The molecule has 1 aromatic heterocycles. The van der Waals surface area contributed by atoms with Crippen LogP contribution in [0.15, 0.2) is 27.7 Å². The number of hydrogen-bond acceptors (Lipinski definition) is 4. The Hall–Kier alpha value is -1.71. The van der Waals surface area contributed by atoms with Crippen LogP contribution >= 0.6 is 24.0 Å². The summed E-state index contributed by atoms with van der Waals surface area (Å²) in [6.45, 7) is 4.78. The number of aryl methyl sites for hydroxylation is 2. The van der Waals surface area contributed by atoms with Crippen molar-refractivity contribution >= 4 is 29.9 Å². The van der Waals surface area contributed by atoms with Crippen LogP contribution in [0.5, 0.6) is 0 Å². The summed E-state index contributed by atoms with van der Waals surface area (Å²) in [5.74, 6) is 1.56. The van der Waals surface area contributed by atoms with Crippen molar-refractivity contribution in [1.82, 2.24) is 20.8 Å². The van der Waals surface area contributed by atoms with Crippen molar-refractivity contribution < 1.29 is 8.91 Å². The zero-order valence-corrected chi connectivity index (χ0v) is 15.7. The molecular formula is C15H21FIN5O. The number of guanidine groups is 1. The van der Waals surface area contributed by atoms with Crippen LogP contribution in [-0.4, -0.2) is 29.7 Å². The van der Waals surface area contributed by atoms with Crippen molar-refractivity contribution in [2.75, 3.05) is 13.6 Å². The summed E-state index contributed by atoms with van der Waals surface area (Å²) in [4.78, 5) is 8.23. The van der Waals surface area contributed by atoms with Crippen molar-refractivity contribution in [2.24, 2.45) is 4.99 Å². The maximum atomic E-state index is 13.1. The van der Waals surface area contributed by atoms with E-state index < -0.39 is 0 Å². The van der Waals surface area contributed by atoms with Crippen molar-refractivity contribution in [3.05, 3.63) is 46.9 Å². The quantitative estimate of drug-likeness (QED) is 0.430. The monoisotopic (exact) mass is 433 g/mol. The van der Waals surface area contributed by atoms with Gasteiger partial charge in [0.2, 0.25) is 5.89 Å². The number of nitrogens with zero attached hydrogens (tertiary/aromatic N) is 3. The molecule has 2 N–H and O–H groups in total. The van der Waals surface area contributed by atoms with E-state index in [0.29, 0.717) is 30.8 Å². The van der Waals surface area contributed by atoms with E-state index in [9.17, 15) is 4.39 Å². The highest BCUT2D eigenvalue weighted by molar-refractivity contribution is 14.0. The molecular weight excluding hydrogens is 412 g/mol. The van der Waals surface area contributed by atoms with Gasteiger partial charge in [-0.1, -0.05) is 11.2 Å². The van der Waals surface area contributed by atoms with E-state index >= 15 is 0 Å². The fourth-order valence-corrected chi connectivity index (χ4v) is 2.05. The highest BCUT2D eigenvalue weighted by Gasteiger charge is 2.04. The van der Waals surface area contributed by atoms with Gasteiger partial charge in [0.25, 0.3) is 0 Å². The van der Waals surface area contributed by atoms with Gasteiger partial charge in [0, 0.05) is 20.5 Å². The first-order valence-electron chi connectivity index (χ1n) is 7.07. The number of aromatic nitrogens is 2. The van der Waals surface area contributed by atoms with E-state index in [1.807, 2.05) is 13.0 Å². The van der Waals surface area contributed by atoms with Crippen LogP contribution in [0.25, 0.3) is 0 Å². The van der Waals surface area contributed by atoms with Crippen LogP contribution in [0.3, 0.4) is 0 Å². The fraction of sp³-hybridized carbons (Fsp3) is 0.400. The predicted octanol–water partition coefficient (Wildman–Crippen LogP) is 2.35. The van der Waals surface area contributed by atoms with Gasteiger partial charge in [-0.15, -0.1) is 24.0 Å².